The molecule has 112 valence electrons. The first-order valence-corrected chi connectivity index (χ1v) is 6.01. The number of methoxy groups -OCH3 is 1. The van der Waals surface area contributed by atoms with Crippen molar-refractivity contribution in [1.82, 2.24) is 4.98 Å². The molecule has 0 fully saturated rings. The van der Waals surface area contributed by atoms with E-state index in [0.29, 0.717) is 6.20 Å². The van der Waals surface area contributed by atoms with Crippen molar-refractivity contribution in [2.45, 2.75) is 19.2 Å². The summed E-state index contributed by atoms with van der Waals surface area (Å²) in [5.74, 6) is -1.75. The lowest BCUT2D eigenvalue weighted by Crippen LogP contribution is -2.20. The molecule has 4 nitrogen and oxygen atoms in total. The smallest absolute Gasteiger partial charge is 0.469 e. The summed E-state index contributed by atoms with van der Waals surface area (Å²) in [4.78, 5) is 14.3. The summed E-state index contributed by atoms with van der Waals surface area (Å²) in [5, 5.41) is 0. The molecule has 0 aliphatic heterocycles. The maximum Gasteiger partial charge on any atom is 0.574 e. The van der Waals surface area contributed by atoms with Gasteiger partial charge in [-0.2, -0.15) is 0 Å². The van der Waals surface area contributed by atoms with Crippen LogP contribution >= 0.6 is 22.6 Å². The number of hydrogen-bond donors (Lipinski definition) is 0. The van der Waals surface area contributed by atoms with E-state index < -0.39 is 36.6 Å². The average molecular weight is 411 g/mol. The number of pyridine rings is 1. The van der Waals surface area contributed by atoms with Crippen LogP contribution in [0.15, 0.2) is 6.20 Å². The standard InChI is InChI=1S/C10H7F5INO3/c1-19-6(18)2-4-5(8(11)12)3-17-9(7(4)16)20-10(13,14)15/h3,8H,2H2,1H3. The minimum absolute atomic E-state index is 0.304. The predicted octanol–water partition coefficient (Wildman–Crippen LogP) is 3.24. The van der Waals surface area contributed by atoms with E-state index in [1.165, 1.54) is 22.6 Å². The molecule has 1 aromatic heterocycles. The quantitative estimate of drug-likeness (QED) is 0.434. The maximum atomic E-state index is 12.8. The Bertz CT molecular complexity index is 506. The molecule has 0 spiro atoms. The van der Waals surface area contributed by atoms with E-state index in [1.54, 1.807) is 0 Å². The topological polar surface area (TPSA) is 48.4 Å². The summed E-state index contributed by atoms with van der Waals surface area (Å²) in [7, 11) is 1.03. The lowest BCUT2D eigenvalue weighted by atomic mass is 10.1. The second kappa shape index (κ2) is 6.50. The van der Waals surface area contributed by atoms with Crippen molar-refractivity contribution < 1.29 is 36.2 Å². The fourth-order valence-electron chi connectivity index (χ4n) is 1.28. The third-order valence-corrected chi connectivity index (χ3v) is 3.23. The molecule has 1 aromatic rings. The summed E-state index contributed by atoms with van der Waals surface area (Å²) >= 11 is 1.36. The Kier molecular flexibility index (Phi) is 5.48. The van der Waals surface area contributed by atoms with E-state index in [-0.39, 0.29) is 9.13 Å². The summed E-state index contributed by atoms with van der Waals surface area (Å²) in [5.41, 5.74) is -0.948. The lowest BCUT2D eigenvalue weighted by Gasteiger charge is -2.14. The molecule has 0 amide bonds. The minimum atomic E-state index is -5.01. The van der Waals surface area contributed by atoms with Gasteiger partial charge in [-0.15, -0.1) is 13.2 Å². The molecular weight excluding hydrogens is 404 g/mol. The molecule has 20 heavy (non-hydrogen) atoms. The summed E-state index contributed by atoms with van der Waals surface area (Å²) in [6.07, 6.45) is -8.06. The Hall–Kier alpha value is -1.20. The number of aromatic nitrogens is 1. The zero-order valence-electron chi connectivity index (χ0n) is 9.80. The molecule has 0 saturated heterocycles. The second-order valence-electron chi connectivity index (χ2n) is 3.41. The van der Waals surface area contributed by atoms with Gasteiger partial charge in [-0.05, 0) is 28.2 Å². The van der Waals surface area contributed by atoms with Gasteiger partial charge in [0.05, 0.1) is 17.1 Å². The van der Waals surface area contributed by atoms with Crippen molar-refractivity contribution in [3.05, 3.63) is 20.9 Å². The van der Waals surface area contributed by atoms with E-state index >= 15 is 0 Å². The molecule has 1 rings (SSSR count). The van der Waals surface area contributed by atoms with E-state index in [4.69, 9.17) is 0 Å². The van der Waals surface area contributed by atoms with Crippen molar-refractivity contribution >= 4 is 28.6 Å². The molecule has 0 saturated carbocycles. The monoisotopic (exact) mass is 411 g/mol. The summed E-state index contributed by atoms with van der Waals surface area (Å²) < 4.78 is 69.6. The lowest BCUT2D eigenvalue weighted by molar-refractivity contribution is -0.276. The highest BCUT2D eigenvalue weighted by molar-refractivity contribution is 14.1. The van der Waals surface area contributed by atoms with E-state index in [0.717, 1.165) is 7.11 Å². The van der Waals surface area contributed by atoms with Crippen LogP contribution in [0.5, 0.6) is 5.88 Å². The van der Waals surface area contributed by atoms with Gasteiger partial charge in [-0.25, -0.2) is 13.8 Å². The molecule has 0 aliphatic rings. The van der Waals surface area contributed by atoms with Gasteiger partial charge < -0.3 is 9.47 Å². The zero-order chi connectivity index (χ0) is 15.5. The third kappa shape index (κ3) is 4.42. The van der Waals surface area contributed by atoms with Gasteiger partial charge in [0.1, 0.15) is 0 Å². The summed E-state index contributed by atoms with van der Waals surface area (Å²) in [6.45, 7) is 0. The van der Waals surface area contributed by atoms with Gasteiger partial charge in [0.2, 0.25) is 5.88 Å². The van der Waals surface area contributed by atoms with Crippen LogP contribution in [-0.4, -0.2) is 24.4 Å². The third-order valence-electron chi connectivity index (χ3n) is 2.12. The Morgan fingerprint density at radius 2 is 2.05 bits per heavy atom. The van der Waals surface area contributed by atoms with Crippen molar-refractivity contribution in [3.63, 3.8) is 0 Å². The Balaban J connectivity index is 3.27. The van der Waals surface area contributed by atoms with Gasteiger partial charge in [-0.1, -0.05) is 0 Å². The van der Waals surface area contributed by atoms with Crippen LogP contribution in [0.3, 0.4) is 0 Å². The van der Waals surface area contributed by atoms with Gasteiger partial charge in [0.15, 0.2) is 0 Å². The number of halogens is 6. The number of alkyl halides is 5. The van der Waals surface area contributed by atoms with Crippen molar-refractivity contribution in [1.29, 1.82) is 0 Å². The van der Waals surface area contributed by atoms with Crippen molar-refractivity contribution in [3.8, 4) is 5.88 Å². The predicted molar refractivity (Wildman–Crippen MR) is 64.3 cm³/mol. The number of carbonyl (C=O) groups excluding carboxylic acids is 1. The first-order chi connectivity index (χ1) is 9.15. The van der Waals surface area contributed by atoms with E-state index in [2.05, 4.69) is 14.5 Å². The van der Waals surface area contributed by atoms with Crippen LogP contribution in [0.25, 0.3) is 0 Å². The molecule has 0 atom stereocenters. The molecule has 0 radical (unpaired) electrons. The SMILES string of the molecule is COC(=O)Cc1c(C(F)F)cnc(OC(F)(F)F)c1I. The maximum absolute atomic E-state index is 12.8. The first kappa shape index (κ1) is 16.9. The Labute approximate surface area is 123 Å². The largest absolute Gasteiger partial charge is 0.574 e. The van der Waals surface area contributed by atoms with Crippen LogP contribution in [0, 0.1) is 3.57 Å². The molecule has 0 bridgehead atoms. The van der Waals surface area contributed by atoms with Gasteiger partial charge in [-0.3, -0.25) is 4.79 Å². The van der Waals surface area contributed by atoms with Gasteiger partial charge in [0.25, 0.3) is 6.43 Å². The zero-order valence-corrected chi connectivity index (χ0v) is 12.0. The number of esters is 1. The summed E-state index contributed by atoms with van der Waals surface area (Å²) in [6, 6.07) is 0. The van der Waals surface area contributed by atoms with Crippen LogP contribution in [-0.2, 0) is 16.0 Å². The second-order valence-corrected chi connectivity index (χ2v) is 4.49. The Morgan fingerprint density at radius 3 is 2.50 bits per heavy atom. The molecule has 0 N–H and O–H groups in total. The molecule has 0 aliphatic carbocycles. The van der Waals surface area contributed by atoms with Gasteiger partial charge in [0, 0.05) is 11.8 Å². The number of rotatable bonds is 4. The Morgan fingerprint density at radius 1 is 1.45 bits per heavy atom. The van der Waals surface area contributed by atoms with Crippen LogP contribution in [0.1, 0.15) is 17.6 Å². The first-order valence-electron chi connectivity index (χ1n) is 4.93. The minimum Gasteiger partial charge on any atom is -0.469 e. The number of ether oxygens (including phenoxy) is 2. The fraction of sp³-hybridized carbons (Fsp3) is 0.400. The molecule has 0 unspecified atom stereocenters. The normalized spacial score (nSPS) is 11.6. The molecule has 0 aromatic carbocycles. The average Bonchev–Trinajstić information content (AvgIpc) is 2.32. The molecule has 1 heterocycles. The van der Waals surface area contributed by atoms with Crippen molar-refractivity contribution in [2.24, 2.45) is 0 Å². The van der Waals surface area contributed by atoms with Crippen LogP contribution < -0.4 is 4.74 Å². The highest BCUT2D eigenvalue weighted by Gasteiger charge is 2.34. The fourth-order valence-corrected chi connectivity index (χ4v) is 2.04. The van der Waals surface area contributed by atoms with Crippen molar-refractivity contribution in [2.75, 3.05) is 7.11 Å². The van der Waals surface area contributed by atoms with Crippen LogP contribution in [0.2, 0.25) is 0 Å². The highest BCUT2D eigenvalue weighted by Crippen LogP contribution is 2.33. The van der Waals surface area contributed by atoms with Gasteiger partial charge >= 0.3 is 12.3 Å². The number of hydrogen-bond acceptors (Lipinski definition) is 4. The van der Waals surface area contributed by atoms with Crippen LogP contribution in [0.4, 0.5) is 22.0 Å². The highest BCUT2D eigenvalue weighted by atomic mass is 127. The molecular formula is C10H7F5INO3. The van der Waals surface area contributed by atoms with E-state index in [9.17, 15) is 26.7 Å². The molecule has 10 heteroatoms. The number of carbonyl (C=O) groups is 1. The number of nitrogens with zero attached hydrogens (tertiary/aromatic N) is 1. The van der Waals surface area contributed by atoms with E-state index in [1.807, 2.05) is 0 Å².